The lowest BCUT2D eigenvalue weighted by molar-refractivity contribution is -0.128. The molecule has 0 heterocycles. The summed E-state index contributed by atoms with van der Waals surface area (Å²) in [7, 11) is -0.732. The van der Waals surface area contributed by atoms with Crippen LogP contribution in [0.3, 0.4) is 0 Å². The molecule has 1 amide bonds. The fraction of sp³-hybridized carbons (Fsp3) is 0.417. The van der Waals surface area contributed by atoms with Crippen molar-refractivity contribution in [2.45, 2.75) is 18.2 Å². The number of hydrogen-bond donors (Lipinski definition) is 2. The number of carbonyl (C=O) groups excluding carboxylic acids is 1. The Morgan fingerprint density at radius 3 is 2.50 bits per heavy atom. The third-order valence-corrected chi connectivity index (χ3v) is 4.24. The topological polar surface area (TPSA) is 92.5 Å². The van der Waals surface area contributed by atoms with Crippen LogP contribution in [0, 0.1) is 12.7 Å². The predicted octanol–water partition coefficient (Wildman–Crippen LogP) is 0.473. The number of nitrogens with zero attached hydrogens (tertiary/aromatic N) is 1. The van der Waals surface area contributed by atoms with Crippen molar-refractivity contribution in [2.75, 3.05) is 26.4 Å². The van der Waals surface area contributed by atoms with Crippen molar-refractivity contribution in [2.24, 2.45) is 0 Å². The van der Waals surface area contributed by atoms with Gasteiger partial charge in [-0.15, -0.1) is 0 Å². The molecule has 1 rings (SSSR count). The number of rotatable bonds is 5. The van der Waals surface area contributed by atoms with E-state index in [1.807, 2.05) is 0 Å². The normalized spacial score (nSPS) is 11.4. The molecular weight excluding hydrogens is 285 g/mol. The Hall–Kier alpha value is -1.67. The molecule has 0 spiro atoms. The Labute approximate surface area is 117 Å². The van der Waals surface area contributed by atoms with Crippen LogP contribution >= 0.6 is 0 Å². The van der Waals surface area contributed by atoms with Gasteiger partial charge in [-0.3, -0.25) is 4.79 Å². The van der Waals surface area contributed by atoms with Crippen LogP contribution in [-0.4, -0.2) is 39.9 Å². The van der Waals surface area contributed by atoms with Gasteiger partial charge >= 0.3 is 0 Å². The molecule has 6 nitrogen and oxygen atoms in total. The molecule has 0 aromatic heterocycles. The molecule has 0 saturated heterocycles. The van der Waals surface area contributed by atoms with Crippen LogP contribution in [0.25, 0.3) is 0 Å². The largest absolute Gasteiger partial charge is 0.398 e. The van der Waals surface area contributed by atoms with Crippen molar-refractivity contribution in [3.63, 3.8) is 0 Å². The fourth-order valence-electron chi connectivity index (χ4n) is 1.43. The highest BCUT2D eigenvalue weighted by atomic mass is 32.2. The second-order valence-corrected chi connectivity index (χ2v) is 6.32. The number of benzene rings is 1. The van der Waals surface area contributed by atoms with E-state index in [0.29, 0.717) is 0 Å². The molecule has 0 bridgehead atoms. The van der Waals surface area contributed by atoms with E-state index in [1.165, 1.54) is 17.9 Å². The highest BCUT2D eigenvalue weighted by molar-refractivity contribution is 7.89. The quantitative estimate of drug-likeness (QED) is 0.774. The van der Waals surface area contributed by atoms with Crippen molar-refractivity contribution in [1.29, 1.82) is 0 Å². The van der Waals surface area contributed by atoms with Crippen LogP contribution in [0.15, 0.2) is 17.0 Å². The first-order valence-electron chi connectivity index (χ1n) is 5.90. The van der Waals surface area contributed by atoms with Gasteiger partial charge in [-0.1, -0.05) is 0 Å². The van der Waals surface area contributed by atoms with Gasteiger partial charge in [0.25, 0.3) is 0 Å². The zero-order chi connectivity index (χ0) is 15.5. The summed E-state index contributed by atoms with van der Waals surface area (Å²) in [6.07, 6.45) is 0.0239. The van der Waals surface area contributed by atoms with Gasteiger partial charge < -0.3 is 10.6 Å². The number of sulfonamides is 1. The van der Waals surface area contributed by atoms with Gasteiger partial charge in [0.1, 0.15) is 5.82 Å². The van der Waals surface area contributed by atoms with Crippen LogP contribution in [0.1, 0.15) is 12.0 Å². The molecule has 1 aromatic carbocycles. The Balaban J connectivity index is 2.82. The molecule has 0 atom stereocenters. The Kier molecular flexibility index (Phi) is 5.07. The zero-order valence-electron chi connectivity index (χ0n) is 11.6. The summed E-state index contributed by atoms with van der Waals surface area (Å²) in [5.41, 5.74) is 5.81. The maximum Gasteiger partial charge on any atom is 0.240 e. The molecule has 0 aliphatic heterocycles. The smallest absolute Gasteiger partial charge is 0.240 e. The van der Waals surface area contributed by atoms with E-state index in [2.05, 4.69) is 4.72 Å². The van der Waals surface area contributed by atoms with Gasteiger partial charge in [-0.25, -0.2) is 17.5 Å². The van der Waals surface area contributed by atoms with Crippen molar-refractivity contribution in [3.05, 3.63) is 23.5 Å². The highest BCUT2D eigenvalue weighted by Gasteiger charge is 2.17. The first-order valence-corrected chi connectivity index (χ1v) is 7.39. The Bertz CT molecular complexity index is 591. The van der Waals surface area contributed by atoms with Crippen molar-refractivity contribution in [1.82, 2.24) is 9.62 Å². The minimum atomic E-state index is -3.88. The van der Waals surface area contributed by atoms with Crippen LogP contribution in [0.5, 0.6) is 0 Å². The second kappa shape index (κ2) is 6.19. The van der Waals surface area contributed by atoms with Gasteiger partial charge in [0.2, 0.25) is 15.9 Å². The van der Waals surface area contributed by atoms with Gasteiger partial charge in [0.05, 0.1) is 4.90 Å². The van der Waals surface area contributed by atoms with E-state index in [4.69, 9.17) is 5.73 Å². The number of nitrogen functional groups attached to an aromatic ring is 1. The molecule has 20 heavy (non-hydrogen) atoms. The standard InChI is InChI=1S/C12H18FN3O3S/c1-8-10(13)6-9(7-11(8)14)20(18,19)15-5-4-12(17)16(2)3/h6-7,15H,4-5,14H2,1-3H3. The van der Waals surface area contributed by atoms with E-state index in [-0.39, 0.29) is 35.0 Å². The third-order valence-electron chi connectivity index (χ3n) is 2.80. The summed E-state index contributed by atoms with van der Waals surface area (Å²) in [4.78, 5) is 12.4. The fourth-order valence-corrected chi connectivity index (χ4v) is 2.51. The predicted molar refractivity (Wildman–Crippen MR) is 74.0 cm³/mol. The lowest BCUT2D eigenvalue weighted by Crippen LogP contribution is -2.30. The summed E-state index contributed by atoms with van der Waals surface area (Å²) in [5.74, 6) is -0.892. The average Bonchev–Trinajstić information content (AvgIpc) is 2.34. The highest BCUT2D eigenvalue weighted by Crippen LogP contribution is 2.20. The molecule has 0 unspecified atom stereocenters. The molecular formula is C12H18FN3O3S. The summed E-state index contributed by atoms with van der Waals surface area (Å²) >= 11 is 0. The van der Waals surface area contributed by atoms with Crippen molar-refractivity contribution >= 4 is 21.6 Å². The van der Waals surface area contributed by atoms with E-state index < -0.39 is 15.8 Å². The molecule has 0 radical (unpaired) electrons. The Morgan fingerprint density at radius 2 is 2.00 bits per heavy atom. The number of anilines is 1. The van der Waals surface area contributed by atoms with Gasteiger partial charge in [0, 0.05) is 38.3 Å². The Morgan fingerprint density at radius 1 is 1.40 bits per heavy atom. The van der Waals surface area contributed by atoms with Crippen LogP contribution in [0.4, 0.5) is 10.1 Å². The molecule has 1 aromatic rings. The van der Waals surface area contributed by atoms with Gasteiger partial charge in [0.15, 0.2) is 0 Å². The van der Waals surface area contributed by atoms with E-state index >= 15 is 0 Å². The number of hydrogen-bond acceptors (Lipinski definition) is 4. The summed E-state index contributed by atoms with van der Waals surface area (Å²) in [6, 6.07) is 2.09. The number of halogens is 1. The lowest BCUT2D eigenvalue weighted by atomic mass is 10.2. The number of carbonyl (C=O) groups is 1. The molecule has 112 valence electrons. The first-order chi connectivity index (χ1) is 9.15. The number of amides is 1. The van der Waals surface area contributed by atoms with Crippen LogP contribution in [0.2, 0.25) is 0 Å². The minimum Gasteiger partial charge on any atom is -0.398 e. The van der Waals surface area contributed by atoms with Gasteiger partial charge in [-0.05, 0) is 19.1 Å². The average molecular weight is 303 g/mol. The molecule has 0 fully saturated rings. The molecule has 0 aliphatic rings. The van der Waals surface area contributed by atoms with E-state index in [0.717, 1.165) is 6.07 Å². The van der Waals surface area contributed by atoms with E-state index in [9.17, 15) is 17.6 Å². The molecule has 0 saturated carbocycles. The third kappa shape index (κ3) is 3.91. The number of nitrogens with one attached hydrogen (secondary N) is 1. The van der Waals surface area contributed by atoms with Crippen LogP contribution in [-0.2, 0) is 14.8 Å². The lowest BCUT2D eigenvalue weighted by Gasteiger charge is -2.11. The van der Waals surface area contributed by atoms with E-state index in [1.54, 1.807) is 14.1 Å². The van der Waals surface area contributed by atoms with Crippen LogP contribution < -0.4 is 10.5 Å². The summed E-state index contributed by atoms with van der Waals surface area (Å²) in [6.45, 7) is 1.40. The second-order valence-electron chi connectivity index (χ2n) is 4.56. The maximum atomic E-state index is 13.5. The molecule has 3 N–H and O–H groups in total. The molecule has 0 aliphatic carbocycles. The summed E-state index contributed by atoms with van der Waals surface area (Å²) in [5, 5.41) is 0. The minimum absolute atomic E-state index is 0.0239. The monoisotopic (exact) mass is 303 g/mol. The van der Waals surface area contributed by atoms with Gasteiger partial charge in [-0.2, -0.15) is 0 Å². The first kappa shape index (κ1) is 16.4. The van der Waals surface area contributed by atoms with Crippen molar-refractivity contribution in [3.8, 4) is 0 Å². The molecule has 8 heteroatoms. The summed E-state index contributed by atoms with van der Waals surface area (Å²) < 4.78 is 39.6. The number of nitrogens with two attached hydrogens (primary N) is 1. The maximum absolute atomic E-state index is 13.5. The zero-order valence-corrected chi connectivity index (χ0v) is 12.4. The SMILES string of the molecule is Cc1c(N)cc(S(=O)(=O)NCCC(=O)N(C)C)cc1F. The van der Waals surface area contributed by atoms with Crippen molar-refractivity contribution < 1.29 is 17.6 Å².